The molecule has 0 amide bonds. The van der Waals surface area contributed by atoms with Gasteiger partial charge in [-0.2, -0.15) is 0 Å². The maximum absolute atomic E-state index is 4.09. The number of hydrogen-bond donors (Lipinski definition) is 0. The van der Waals surface area contributed by atoms with Gasteiger partial charge < -0.3 is 0 Å². The van der Waals surface area contributed by atoms with Gasteiger partial charge in [0.15, 0.2) is 0 Å². The molecule has 1 aliphatic rings. The monoisotopic (exact) mass is 295 g/mol. The topological polar surface area (TPSA) is 12.9 Å². The molecule has 1 aliphatic carbocycles. The van der Waals surface area contributed by atoms with E-state index in [0.717, 1.165) is 11.8 Å². The van der Waals surface area contributed by atoms with E-state index in [2.05, 4.69) is 46.9 Å². The molecule has 0 bridgehead atoms. The zero-order valence-corrected chi connectivity index (χ0v) is 12.4. The lowest BCUT2D eigenvalue weighted by Gasteiger charge is -2.33. The van der Waals surface area contributed by atoms with Gasteiger partial charge in [0.2, 0.25) is 0 Å². The first-order valence-electron chi connectivity index (χ1n) is 6.72. The van der Waals surface area contributed by atoms with Gasteiger partial charge in [0, 0.05) is 17.2 Å². The Labute approximate surface area is 113 Å². The van der Waals surface area contributed by atoms with E-state index in [-0.39, 0.29) is 0 Å². The van der Waals surface area contributed by atoms with Gasteiger partial charge in [-0.05, 0) is 48.3 Å². The lowest BCUT2D eigenvalue weighted by molar-refractivity contribution is 0.276. The summed E-state index contributed by atoms with van der Waals surface area (Å²) < 4.78 is 0. The second kappa shape index (κ2) is 5.99. The summed E-state index contributed by atoms with van der Waals surface area (Å²) in [6.45, 7) is 4.71. The Morgan fingerprint density at radius 1 is 1.18 bits per heavy atom. The third kappa shape index (κ3) is 3.31. The Morgan fingerprint density at radius 3 is 2.35 bits per heavy atom. The minimum Gasteiger partial charge on any atom is -0.265 e. The number of pyridine rings is 1. The van der Waals surface area contributed by atoms with E-state index in [4.69, 9.17) is 0 Å². The van der Waals surface area contributed by atoms with Crippen LogP contribution in [0.5, 0.6) is 0 Å². The maximum Gasteiger partial charge on any atom is 0.0270 e. The normalized spacial score (nSPS) is 28.6. The van der Waals surface area contributed by atoms with Crippen LogP contribution in [-0.2, 0) is 0 Å². The van der Waals surface area contributed by atoms with Gasteiger partial charge >= 0.3 is 0 Å². The van der Waals surface area contributed by atoms with Crippen molar-refractivity contribution in [3.8, 4) is 0 Å². The fraction of sp³-hybridized carbons (Fsp3) is 0.667. The Bertz CT molecular complexity index is 330. The molecule has 2 rings (SSSR count). The zero-order chi connectivity index (χ0) is 12.3. The van der Waals surface area contributed by atoms with E-state index >= 15 is 0 Å². The van der Waals surface area contributed by atoms with E-state index < -0.39 is 0 Å². The average molecular weight is 296 g/mol. The van der Waals surface area contributed by atoms with Crippen LogP contribution < -0.4 is 0 Å². The molecule has 1 aromatic heterocycles. The molecule has 2 heteroatoms. The molecule has 1 heterocycles. The van der Waals surface area contributed by atoms with Gasteiger partial charge in [-0.25, -0.2) is 0 Å². The zero-order valence-electron chi connectivity index (χ0n) is 10.8. The van der Waals surface area contributed by atoms with Crippen LogP contribution in [0.1, 0.15) is 51.0 Å². The minimum absolute atomic E-state index is 0.580. The number of nitrogens with zero attached hydrogens (tertiary/aromatic N) is 1. The van der Waals surface area contributed by atoms with Crippen LogP contribution in [0.25, 0.3) is 0 Å². The fourth-order valence-electron chi connectivity index (χ4n) is 2.86. The highest BCUT2D eigenvalue weighted by atomic mass is 79.9. The summed E-state index contributed by atoms with van der Waals surface area (Å²) in [7, 11) is 0. The van der Waals surface area contributed by atoms with E-state index in [1.165, 1.54) is 31.2 Å². The maximum atomic E-state index is 4.09. The predicted molar refractivity (Wildman–Crippen MR) is 76.5 cm³/mol. The first-order chi connectivity index (χ1) is 8.18. The molecule has 1 fully saturated rings. The van der Waals surface area contributed by atoms with Crippen LogP contribution in [0.3, 0.4) is 0 Å². The van der Waals surface area contributed by atoms with Crippen molar-refractivity contribution in [3.63, 3.8) is 0 Å². The predicted octanol–water partition coefficient (Wildman–Crippen LogP) is 4.77. The van der Waals surface area contributed by atoms with E-state index in [1.807, 2.05) is 12.4 Å². The lowest BCUT2D eigenvalue weighted by atomic mass is 9.78. The first-order valence-corrected chi connectivity index (χ1v) is 7.64. The molecule has 2 unspecified atom stereocenters. The molecule has 1 aromatic rings. The van der Waals surface area contributed by atoms with Gasteiger partial charge in [-0.3, -0.25) is 4.98 Å². The lowest BCUT2D eigenvalue weighted by Crippen LogP contribution is -2.25. The van der Waals surface area contributed by atoms with Crippen molar-refractivity contribution in [1.82, 2.24) is 4.98 Å². The molecule has 1 nitrogen and oxygen atoms in total. The summed E-state index contributed by atoms with van der Waals surface area (Å²) in [6.07, 6.45) is 9.35. The number of hydrogen-bond acceptors (Lipinski definition) is 1. The molecule has 0 saturated heterocycles. The molecule has 2 atom stereocenters. The number of alkyl halides is 1. The Kier molecular flexibility index (Phi) is 4.61. The van der Waals surface area contributed by atoms with E-state index in [0.29, 0.717) is 10.7 Å². The van der Waals surface area contributed by atoms with Gasteiger partial charge in [-0.15, -0.1) is 0 Å². The molecule has 17 heavy (non-hydrogen) atoms. The molecule has 94 valence electrons. The summed E-state index contributed by atoms with van der Waals surface area (Å²) in [6, 6.07) is 4.29. The van der Waals surface area contributed by atoms with Crippen molar-refractivity contribution in [1.29, 1.82) is 0 Å². The smallest absolute Gasteiger partial charge is 0.0270 e. The SMILES string of the molecule is CC1CCC(C(Br)C(C)c2ccncc2)CC1. The van der Waals surface area contributed by atoms with Crippen molar-refractivity contribution in [2.45, 2.75) is 50.3 Å². The quantitative estimate of drug-likeness (QED) is 0.732. The highest BCUT2D eigenvalue weighted by Crippen LogP contribution is 2.39. The second-order valence-corrected chi connectivity index (χ2v) is 6.59. The summed E-state index contributed by atoms with van der Waals surface area (Å²) in [4.78, 5) is 4.70. The van der Waals surface area contributed by atoms with Crippen molar-refractivity contribution in [3.05, 3.63) is 30.1 Å². The average Bonchev–Trinajstić information content (AvgIpc) is 2.39. The molecule has 0 radical (unpaired) electrons. The minimum atomic E-state index is 0.580. The molecule has 0 N–H and O–H groups in total. The summed E-state index contributed by atoms with van der Waals surface area (Å²) in [5.74, 6) is 2.35. The highest BCUT2D eigenvalue weighted by Gasteiger charge is 2.28. The second-order valence-electron chi connectivity index (χ2n) is 5.53. The largest absolute Gasteiger partial charge is 0.265 e. The Balaban J connectivity index is 1.98. The number of halogens is 1. The third-order valence-corrected chi connectivity index (χ3v) is 5.76. The van der Waals surface area contributed by atoms with Crippen molar-refractivity contribution in [2.24, 2.45) is 11.8 Å². The van der Waals surface area contributed by atoms with Crippen LogP contribution >= 0.6 is 15.9 Å². The van der Waals surface area contributed by atoms with Crippen molar-refractivity contribution < 1.29 is 0 Å². The van der Waals surface area contributed by atoms with Crippen LogP contribution in [0.4, 0.5) is 0 Å². The highest BCUT2D eigenvalue weighted by molar-refractivity contribution is 9.09. The fourth-order valence-corrected chi connectivity index (χ4v) is 3.70. The van der Waals surface area contributed by atoms with Crippen LogP contribution in [0.15, 0.2) is 24.5 Å². The number of rotatable bonds is 3. The first kappa shape index (κ1) is 13.1. The van der Waals surface area contributed by atoms with Crippen molar-refractivity contribution in [2.75, 3.05) is 0 Å². The summed E-state index contributed by atoms with van der Waals surface area (Å²) >= 11 is 3.94. The number of aromatic nitrogens is 1. The van der Waals surface area contributed by atoms with E-state index in [1.54, 1.807) is 0 Å². The van der Waals surface area contributed by atoms with Gasteiger partial charge in [0.1, 0.15) is 0 Å². The molecular weight excluding hydrogens is 274 g/mol. The molecule has 0 spiro atoms. The van der Waals surface area contributed by atoms with Gasteiger partial charge in [0.25, 0.3) is 0 Å². The van der Waals surface area contributed by atoms with Gasteiger partial charge in [-0.1, -0.05) is 42.6 Å². The third-order valence-electron chi connectivity index (χ3n) is 4.22. The van der Waals surface area contributed by atoms with Crippen LogP contribution in [-0.4, -0.2) is 9.81 Å². The molecule has 0 aromatic carbocycles. The van der Waals surface area contributed by atoms with Crippen LogP contribution in [0, 0.1) is 11.8 Å². The van der Waals surface area contributed by atoms with E-state index in [9.17, 15) is 0 Å². The molecular formula is C15H22BrN. The summed E-state index contributed by atoms with van der Waals surface area (Å²) in [5, 5.41) is 0. The molecule has 0 aliphatic heterocycles. The van der Waals surface area contributed by atoms with Crippen LogP contribution in [0.2, 0.25) is 0 Å². The Morgan fingerprint density at radius 2 is 1.76 bits per heavy atom. The molecule has 1 saturated carbocycles. The van der Waals surface area contributed by atoms with Crippen molar-refractivity contribution >= 4 is 15.9 Å². The summed E-state index contributed by atoms with van der Waals surface area (Å²) in [5.41, 5.74) is 1.40. The Hall–Kier alpha value is -0.370. The standard InChI is InChI=1S/C15H22BrN/c1-11-3-5-14(6-4-11)15(16)12(2)13-7-9-17-10-8-13/h7-12,14-15H,3-6H2,1-2H3. The van der Waals surface area contributed by atoms with Gasteiger partial charge in [0.05, 0.1) is 0 Å².